The van der Waals surface area contributed by atoms with Crippen molar-refractivity contribution in [1.82, 2.24) is 0 Å². The highest BCUT2D eigenvalue weighted by Crippen LogP contribution is 2.22. The summed E-state index contributed by atoms with van der Waals surface area (Å²) < 4.78 is 0. The molecule has 0 heterocycles. The van der Waals surface area contributed by atoms with Gasteiger partial charge in [0.25, 0.3) is 0 Å². The molecule has 56 valence electrons. The Morgan fingerprint density at radius 1 is 1.00 bits per heavy atom. The van der Waals surface area contributed by atoms with Crippen LogP contribution in [0.1, 0.15) is 27.7 Å². The lowest BCUT2D eigenvalue weighted by atomic mass is 9.95. The van der Waals surface area contributed by atoms with Gasteiger partial charge in [-0.3, -0.25) is 0 Å². The second-order valence-corrected chi connectivity index (χ2v) is 4.26. The number of hydrogen-bond donors (Lipinski definition) is 0. The van der Waals surface area contributed by atoms with Crippen molar-refractivity contribution in [3.8, 4) is 0 Å². The molecule has 0 saturated carbocycles. The van der Waals surface area contributed by atoms with E-state index in [0.717, 1.165) is 17.1 Å². The lowest BCUT2D eigenvalue weighted by molar-refractivity contribution is 0.417. The highest BCUT2D eigenvalue weighted by molar-refractivity contribution is 7.99. The van der Waals surface area contributed by atoms with E-state index in [1.54, 1.807) is 0 Å². The Morgan fingerprint density at radius 3 is 1.56 bits per heavy atom. The molecule has 0 nitrogen and oxygen atoms in total. The summed E-state index contributed by atoms with van der Waals surface area (Å²) in [6.45, 7) is 9.20. The largest absolute Gasteiger partial charge is 0.162 e. The molecule has 0 aliphatic rings. The highest BCUT2D eigenvalue weighted by Gasteiger charge is 2.13. The molecule has 0 N–H and O–H groups in total. The van der Waals surface area contributed by atoms with E-state index < -0.39 is 0 Å². The fourth-order valence-electron chi connectivity index (χ4n) is 0.757. The van der Waals surface area contributed by atoms with Gasteiger partial charge in [0, 0.05) is 5.25 Å². The van der Waals surface area contributed by atoms with Crippen LogP contribution >= 0.6 is 11.8 Å². The molecule has 0 aliphatic carbocycles. The van der Waals surface area contributed by atoms with Crippen LogP contribution in [0.15, 0.2) is 0 Å². The standard InChI is InChI=1S/C8H18S/c1-6(2)7(3)8(4)9-5/h6-8H,1-5H3. The van der Waals surface area contributed by atoms with Gasteiger partial charge in [0.2, 0.25) is 0 Å². The van der Waals surface area contributed by atoms with E-state index in [4.69, 9.17) is 0 Å². The molecule has 0 bridgehead atoms. The van der Waals surface area contributed by atoms with Gasteiger partial charge in [-0.1, -0.05) is 27.7 Å². The van der Waals surface area contributed by atoms with Crippen molar-refractivity contribution in [3.63, 3.8) is 0 Å². The van der Waals surface area contributed by atoms with E-state index >= 15 is 0 Å². The van der Waals surface area contributed by atoms with Gasteiger partial charge in [-0.25, -0.2) is 0 Å². The summed E-state index contributed by atoms with van der Waals surface area (Å²) in [6, 6.07) is 0. The van der Waals surface area contributed by atoms with E-state index in [2.05, 4.69) is 34.0 Å². The molecule has 9 heavy (non-hydrogen) atoms. The molecule has 1 heteroatoms. The fourth-order valence-corrected chi connectivity index (χ4v) is 1.50. The third-order valence-corrected chi connectivity index (χ3v) is 3.34. The van der Waals surface area contributed by atoms with Gasteiger partial charge in [-0.05, 0) is 18.1 Å². The summed E-state index contributed by atoms with van der Waals surface area (Å²) in [5, 5.41) is 0.810. The lowest BCUT2D eigenvalue weighted by Gasteiger charge is -2.20. The van der Waals surface area contributed by atoms with E-state index in [-0.39, 0.29) is 0 Å². The Hall–Kier alpha value is 0.350. The van der Waals surface area contributed by atoms with E-state index in [1.807, 2.05) is 11.8 Å². The van der Waals surface area contributed by atoms with E-state index in [0.29, 0.717) is 0 Å². The van der Waals surface area contributed by atoms with Crippen LogP contribution in [0.4, 0.5) is 0 Å². The molecule has 2 unspecified atom stereocenters. The van der Waals surface area contributed by atoms with Crippen molar-refractivity contribution in [3.05, 3.63) is 0 Å². The average molecular weight is 146 g/mol. The third-order valence-electron chi connectivity index (χ3n) is 2.16. The molecule has 0 radical (unpaired) electrons. The van der Waals surface area contributed by atoms with Crippen LogP contribution in [-0.2, 0) is 0 Å². The Bertz CT molecular complexity index is 69.0. The second kappa shape index (κ2) is 4.21. The molecule has 0 amide bonds. The molecule has 0 aromatic heterocycles. The molecule has 0 aromatic rings. The van der Waals surface area contributed by atoms with Crippen molar-refractivity contribution in [2.75, 3.05) is 6.26 Å². The van der Waals surface area contributed by atoms with Crippen LogP contribution in [0.5, 0.6) is 0 Å². The van der Waals surface area contributed by atoms with Crippen LogP contribution < -0.4 is 0 Å². The summed E-state index contributed by atoms with van der Waals surface area (Å²) >= 11 is 1.96. The van der Waals surface area contributed by atoms with Gasteiger partial charge < -0.3 is 0 Å². The summed E-state index contributed by atoms with van der Waals surface area (Å²) in [7, 11) is 0. The molecule has 0 aliphatic heterocycles. The molecule has 0 spiro atoms. The SMILES string of the molecule is CSC(C)C(C)C(C)C. The molecular weight excluding hydrogens is 128 g/mol. The minimum Gasteiger partial charge on any atom is -0.162 e. The molecule has 2 atom stereocenters. The van der Waals surface area contributed by atoms with Gasteiger partial charge in [-0.2, -0.15) is 11.8 Å². The number of hydrogen-bond acceptors (Lipinski definition) is 1. The molecule has 0 fully saturated rings. The second-order valence-electron chi connectivity index (χ2n) is 3.04. The van der Waals surface area contributed by atoms with Crippen LogP contribution in [0.2, 0.25) is 0 Å². The predicted molar refractivity (Wildman–Crippen MR) is 47.0 cm³/mol. The average Bonchev–Trinajstić information content (AvgIpc) is 1.84. The topological polar surface area (TPSA) is 0 Å². The molecule has 0 aromatic carbocycles. The Balaban J connectivity index is 3.58. The van der Waals surface area contributed by atoms with Crippen LogP contribution in [0.25, 0.3) is 0 Å². The molecule has 0 saturated heterocycles. The summed E-state index contributed by atoms with van der Waals surface area (Å²) in [5.41, 5.74) is 0. The zero-order chi connectivity index (χ0) is 7.44. The number of thioether (sulfide) groups is 1. The van der Waals surface area contributed by atoms with Crippen molar-refractivity contribution in [1.29, 1.82) is 0 Å². The van der Waals surface area contributed by atoms with Gasteiger partial charge in [0.05, 0.1) is 0 Å². The zero-order valence-electron chi connectivity index (χ0n) is 7.14. The van der Waals surface area contributed by atoms with Crippen molar-refractivity contribution in [2.24, 2.45) is 11.8 Å². The Labute approximate surface area is 63.4 Å². The first kappa shape index (κ1) is 9.35. The lowest BCUT2D eigenvalue weighted by Crippen LogP contribution is -2.15. The zero-order valence-corrected chi connectivity index (χ0v) is 7.96. The van der Waals surface area contributed by atoms with Gasteiger partial charge >= 0.3 is 0 Å². The predicted octanol–water partition coefficient (Wildman–Crippen LogP) is 3.03. The first-order valence-corrected chi connectivity index (χ1v) is 4.91. The smallest absolute Gasteiger partial charge is 0.00440 e. The highest BCUT2D eigenvalue weighted by atomic mass is 32.2. The normalized spacial score (nSPS) is 18.0. The Kier molecular flexibility index (Phi) is 4.37. The van der Waals surface area contributed by atoms with Crippen molar-refractivity contribution in [2.45, 2.75) is 32.9 Å². The molecular formula is C8H18S. The number of rotatable bonds is 3. The van der Waals surface area contributed by atoms with Gasteiger partial charge in [0.1, 0.15) is 0 Å². The van der Waals surface area contributed by atoms with E-state index in [1.165, 1.54) is 0 Å². The first-order valence-electron chi connectivity index (χ1n) is 3.62. The van der Waals surface area contributed by atoms with Crippen LogP contribution in [0.3, 0.4) is 0 Å². The van der Waals surface area contributed by atoms with Gasteiger partial charge in [-0.15, -0.1) is 0 Å². The minimum atomic E-state index is 0.810. The molecule has 0 rings (SSSR count). The maximum Gasteiger partial charge on any atom is 0.00440 e. The summed E-state index contributed by atoms with van der Waals surface area (Å²) in [4.78, 5) is 0. The quantitative estimate of drug-likeness (QED) is 0.590. The van der Waals surface area contributed by atoms with Gasteiger partial charge in [0.15, 0.2) is 0 Å². The Morgan fingerprint density at radius 2 is 1.44 bits per heavy atom. The van der Waals surface area contributed by atoms with E-state index in [9.17, 15) is 0 Å². The minimum absolute atomic E-state index is 0.810. The monoisotopic (exact) mass is 146 g/mol. The van der Waals surface area contributed by atoms with Crippen molar-refractivity contribution < 1.29 is 0 Å². The van der Waals surface area contributed by atoms with Crippen LogP contribution in [-0.4, -0.2) is 11.5 Å². The fraction of sp³-hybridized carbons (Fsp3) is 1.00. The maximum atomic E-state index is 2.33. The third kappa shape index (κ3) is 3.14. The maximum absolute atomic E-state index is 2.33. The summed E-state index contributed by atoms with van der Waals surface area (Å²) in [6.07, 6.45) is 2.18. The van der Waals surface area contributed by atoms with Crippen LogP contribution in [0, 0.1) is 11.8 Å². The first-order chi connectivity index (χ1) is 4.09. The van der Waals surface area contributed by atoms with Crippen molar-refractivity contribution >= 4 is 11.8 Å². The summed E-state index contributed by atoms with van der Waals surface area (Å²) in [5.74, 6) is 1.67.